The van der Waals surface area contributed by atoms with Gasteiger partial charge in [-0.25, -0.2) is 4.99 Å². The van der Waals surface area contributed by atoms with E-state index in [0.29, 0.717) is 13.1 Å². The molecule has 26 heavy (non-hydrogen) atoms. The molecule has 1 aromatic heterocycles. The quantitative estimate of drug-likeness (QED) is 0.352. The first-order chi connectivity index (χ1) is 12.3. The number of hydrogen-bond donors (Lipinski definition) is 2. The van der Waals surface area contributed by atoms with Gasteiger partial charge in [0, 0.05) is 19.2 Å². The first kappa shape index (κ1) is 20.5. The van der Waals surface area contributed by atoms with E-state index in [1.807, 2.05) is 36.7 Å². The Morgan fingerprint density at radius 1 is 1.31 bits per heavy atom. The molecule has 0 radical (unpaired) electrons. The summed E-state index contributed by atoms with van der Waals surface area (Å²) in [5.41, 5.74) is 1.10. The van der Waals surface area contributed by atoms with Crippen LogP contribution in [-0.4, -0.2) is 33.9 Å². The molecule has 0 spiro atoms. The number of ether oxygens (including phenoxy) is 1. The third-order valence-electron chi connectivity index (χ3n) is 4.11. The summed E-state index contributed by atoms with van der Waals surface area (Å²) in [5, 5.41) is 14.5. The Kier molecular flexibility index (Phi) is 8.14. The molecule has 1 saturated carbocycles. The molecular weight excluding hydrogens is 443 g/mol. The highest BCUT2D eigenvalue weighted by molar-refractivity contribution is 14.0. The molecular formula is C18H27IN6O. The maximum absolute atomic E-state index is 5.96. The van der Waals surface area contributed by atoms with Crippen molar-refractivity contribution in [3.63, 3.8) is 0 Å². The summed E-state index contributed by atoms with van der Waals surface area (Å²) in [5.74, 6) is 3.28. The Hall–Kier alpha value is -1.84. The molecule has 1 fully saturated rings. The van der Waals surface area contributed by atoms with Crippen molar-refractivity contribution >= 4 is 29.9 Å². The van der Waals surface area contributed by atoms with Crippen LogP contribution < -0.4 is 15.4 Å². The average molecular weight is 470 g/mol. The van der Waals surface area contributed by atoms with Crippen LogP contribution >= 0.6 is 24.0 Å². The minimum absolute atomic E-state index is 0. The SMILES string of the molecule is CCNC(=NCc1ccccc1OCC1CC1)NCc1nncn1C.I. The van der Waals surface area contributed by atoms with Crippen LogP contribution in [0.4, 0.5) is 0 Å². The normalized spacial score (nSPS) is 13.8. The largest absolute Gasteiger partial charge is 0.493 e. The molecule has 0 amide bonds. The van der Waals surface area contributed by atoms with Gasteiger partial charge in [-0.3, -0.25) is 0 Å². The highest BCUT2D eigenvalue weighted by Crippen LogP contribution is 2.30. The van der Waals surface area contributed by atoms with Crippen LogP contribution in [-0.2, 0) is 20.1 Å². The van der Waals surface area contributed by atoms with Crippen LogP contribution in [0.3, 0.4) is 0 Å². The average Bonchev–Trinajstić information content (AvgIpc) is 3.37. The molecule has 1 aromatic carbocycles. The molecule has 0 saturated heterocycles. The molecule has 8 heteroatoms. The zero-order chi connectivity index (χ0) is 17.5. The minimum atomic E-state index is 0. The number of halogens is 1. The summed E-state index contributed by atoms with van der Waals surface area (Å²) >= 11 is 0. The van der Waals surface area contributed by atoms with E-state index in [0.717, 1.165) is 42.2 Å². The standard InChI is InChI=1S/C18H26N6O.HI/c1-3-19-18(21-11-17-23-22-13-24(17)2)20-10-15-6-4-5-7-16(15)25-12-14-8-9-14;/h4-7,13-14H,3,8-12H2,1-2H3,(H2,19,20,21);1H. The summed E-state index contributed by atoms with van der Waals surface area (Å²) in [6.07, 6.45) is 4.27. The summed E-state index contributed by atoms with van der Waals surface area (Å²) in [6.45, 7) is 4.79. The Morgan fingerprint density at radius 3 is 2.81 bits per heavy atom. The van der Waals surface area contributed by atoms with E-state index in [4.69, 9.17) is 4.74 Å². The summed E-state index contributed by atoms with van der Waals surface area (Å²) in [4.78, 5) is 4.67. The van der Waals surface area contributed by atoms with E-state index in [1.165, 1.54) is 12.8 Å². The molecule has 7 nitrogen and oxygen atoms in total. The van der Waals surface area contributed by atoms with E-state index >= 15 is 0 Å². The third-order valence-corrected chi connectivity index (χ3v) is 4.11. The molecule has 142 valence electrons. The highest BCUT2D eigenvalue weighted by Gasteiger charge is 2.22. The van der Waals surface area contributed by atoms with Gasteiger partial charge in [-0.05, 0) is 31.7 Å². The van der Waals surface area contributed by atoms with Crippen molar-refractivity contribution in [3.8, 4) is 5.75 Å². The van der Waals surface area contributed by atoms with Gasteiger partial charge in [-0.2, -0.15) is 0 Å². The molecule has 0 unspecified atom stereocenters. The van der Waals surface area contributed by atoms with Gasteiger partial charge >= 0.3 is 0 Å². The molecule has 1 heterocycles. The number of aromatic nitrogens is 3. The van der Waals surface area contributed by atoms with E-state index in [1.54, 1.807) is 6.33 Å². The smallest absolute Gasteiger partial charge is 0.191 e. The topological polar surface area (TPSA) is 76.4 Å². The molecule has 2 aromatic rings. The predicted octanol–water partition coefficient (Wildman–Crippen LogP) is 2.48. The third kappa shape index (κ3) is 6.15. The molecule has 1 aliphatic rings. The zero-order valence-electron chi connectivity index (χ0n) is 15.3. The minimum Gasteiger partial charge on any atom is -0.493 e. The molecule has 0 bridgehead atoms. The van der Waals surface area contributed by atoms with Crippen molar-refractivity contribution in [2.45, 2.75) is 32.9 Å². The maximum atomic E-state index is 5.96. The number of guanidine groups is 1. The van der Waals surface area contributed by atoms with Gasteiger partial charge in [0.15, 0.2) is 11.8 Å². The molecule has 0 atom stereocenters. The first-order valence-corrected chi connectivity index (χ1v) is 8.82. The van der Waals surface area contributed by atoms with Crippen LogP contribution in [0.25, 0.3) is 0 Å². The lowest BCUT2D eigenvalue weighted by Gasteiger charge is -2.12. The second kappa shape index (κ2) is 10.3. The van der Waals surface area contributed by atoms with Crippen LogP contribution in [0.5, 0.6) is 5.75 Å². The highest BCUT2D eigenvalue weighted by atomic mass is 127. The van der Waals surface area contributed by atoms with Crippen molar-refractivity contribution in [3.05, 3.63) is 42.0 Å². The fraction of sp³-hybridized carbons (Fsp3) is 0.500. The predicted molar refractivity (Wildman–Crippen MR) is 113 cm³/mol. The summed E-state index contributed by atoms with van der Waals surface area (Å²) in [6, 6.07) is 8.12. The van der Waals surface area contributed by atoms with Crippen LogP contribution in [0.2, 0.25) is 0 Å². The number of nitrogens with one attached hydrogen (secondary N) is 2. The van der Waals surface area contributed by atoms with E-state index in [2.05, 4.69) is 31.9 Å². The van der Waals surface area contributed by atoms with E-state index < -0.39 is 0 Å². The number of para-hydroxylation sites is 1. The summed E-state index contributed by atoms with van der Waals surface area (Å²) in [7, 11) is 1.93. The van der Waals surface area contributed by atoms with Crippen molar-refractivity contribution in [2.24, 2.45) is 18.0 Å². The van der Waals surface area contributed by atoms with Gasteiger partial charge in [0.2, 0.25) is 0 Å². The monoisotopic (exact) mass is 470 g/mol. The van der Waals surface area contributed by atoms with E-state index in [9.17, 15) is 0 Å². The van der Waals surface area contributed by atoms with Crippen molar-refractivity contribution in [2.75, 3.05) is 13.2 Å². The Morgan fingerprint density at radius 2 is 2.12 bits per heavy atom. The fourth-order valence-electron chi connectivity index (χ4n) is 2.40. The number of benzene rings is 1. The second-order valence-electron chi connectivity index (χ2n) is 6.27. The zero-order valence-corrected chi connectivity index (χ0v) is 17.6. The van der Waals surface area contributed by atoms with Crippen molar-refractivity contribution in [1.82, 2.24) is 25.4 Å². The summed E-state index contributed by atoms with van der Waals surface area (Å²) < 4.78 is 7.84. The maximum Gasteiger partial charge on any atom is 0.191 e. The molecule has 3 rings (SSSR count). The number of aryl methyl sites for hydroxylation is 1. The lowest BCUT2D eigenvalue weighted by atomic mass is 10.2. The molecule has 1 aliphatic carbocycles. The molecule has 0 aliphatic heterocycles. The Balaban J connectivity index is 0.00000243. The van der Waals surface area contributed by atoms with Gasteiger partial charge in [-0.15, -0.1) is 34.2 Å². The molecule has 2 N–H and O–H groups in total. The van der Waals surface area contributed by atoms with E-state index in [-0.39, 0.29) is 24.0 Å². The van der Waals surface area contributed by atoms with Crippen molar-refractivity contribution < 1.29 is 4.74 Å². The number of hydrogen-bond acceptors (Lipinski definition) is 4. The van der Waals surface area contributed by atoms with Gasteiger partial charge < -0.3 is 19.9 Å². The Bertz CT molecular complexity index is 713. The second-order valence-corrected chi connectivity index (χ2v) is 6.27. The van der Waals surface area contributed by atoms with Gasteiger partial charge in [-0.1, -0.05) is 18.2 Å². The fourth-order valence-corrected chi connectivity index (χ4v) is 2.40. The van der Waals surface area contributed by atoms with Crippen LogP contribution in [0, 0.1) is 5.92 Å². The van der Waals surface area contributed by atoms with Gasteiger partial charge in [0.05, 0.1) is 19.7 Å². The lowest BCUT2D eigenvalue weighted by Crippen LogP contribution is -2.37. The van der Waals surface area contributed by atoms with Crippen LogP contribution in [0.15, 0.2) is 35.6 Å². The lowest BCUT2D eigenvalue weighted by molar-refractivity contribution is 0.297. The first-order valence-electron chi connectivity index (χ1n) is 8.82. The van der Waals surface area contributed by atoms with Gasteiger partial charge in [0.25, 0.3) is 0 Å². The number of nitrogens with zero attached hydrogens (tertiary/aromatic N) is 4. The van der Waals surface area contributed by atoms with Crippen molar-refractivity contribution in [1.29, 1.82) is 0 Å². The Labute approximate surface area is 171 Å². The number of aliphatic imine (C=N–C) groups is 1. The van der Waals surface area contributed by atoms with Crippen LogP contribution in [0.1, 0.15) is 31.2 Å². The number of rotatable bonds is 8. The van der Waals surface area contributed by atoms with Gasteiger partial charge in [0.1, 0.15) is 12.1 Å².